The van der Waals surface area contributed by atoms with Crippen LogP contribution in [0.15, 0.2) is 30.3 Å². The van der Waals surface area contributed by atoms with E-state index < -0.39 is 17.8 Å². The molecule has 190 valence electrons. The number of rotatable bonds is 8. The number of benzene rings is 1. The summed E-state index contributed by atoms with van der Waals surface area (Å²) in [4.78, 5) is 28.2. The van der Waals surface area contributed by atoms with Crippen LogP contribution in [-0.4, -0.2) is 28.5 Å². The number of halogens is 3. The van der Waals surface area contributed by atoms with E-state index in [4.69, 9.17) is 0 Å². The zero-order valence-electron chi connectivity index (χ0n) is 20.3. The number of Topliss-reactive ketones (excluding diaryl/α,β-unsaturated/α-hetero) is 1. The summed E-state index contributed by atoms with van der Waals surface area (Å²) in [7, 11) is 1.72. The summed E-state index contributed by atoms with van der Waals surface area (Å²) in [6.07, 6.45) is 3.99. The number of hydrogen-bond donors (Lipinski definition) is 0. The number of fused-ring (bicyclic) bond motifs is 1. The van der Waals surface area contributed by atoms with E-state index in [1.807, 2.05) is 30.3 Å². The molecule has 2 aliphatic carbocycles. The van der Waals surface area contributed by atoms with Crippen molar-refractivity contribution >= 4 is 17.4 Å². The third-order valence-corrected chi connectivity index (χ3v) is 7.49. The molecule has 5 nitrogen and oxygen atoms in total. The minimum Gasteiger partial charge on any atom is -0.315 e. The molecule has 1 heterocycles. The lowest BCUT2D eigenvalue weighted by Crippen LogP contribution is -2.36. The number of alkyl halides is 3. The summed E-state index contributed by atoms with van der Waals surface area (Å²) in [5.74, 6) is -0.466. The quantitative estimate of drug-likeness (QED) is 0.458. The van der Waals surface area contributed by atoms with Gasteiger partial charge in [0.15, 0.2) is 11.5 Å². The van der Waals surface area contributed by atoms with Gasteiger partial charge in [-0.05, 0) is 50.2 Å². The summed E-state index contributed by atoms with van der Waals surface area (Å²) in [6.45, 7) is -0.220. The predicted octanol–water partition coefficient (Wildman–Crippen LogP) is 5.99. The summed E-state index contributed by atoms with van der Waals surface area (Å²) >= 11 is 0. The average molecular weight is 490 g/mol. The van der Waals surface area contributed by atoms with Crippen LogP contribution < -0.4 is 4.90 Å². The molecule has 0 bridgehead atoms. The van der Waals surface area contributed by atoms with Crippen LogP contribution in [-0.2, 0) is 35.2 Å². The molecule has 0 radical (unpaired) electrons. The Labute approximate surface area is 204 Å². The maximum atomic E-state index is 13.5. The first-order valence-corrected chi connectivity index (χ1v) is 12.7. The number of ketones is 1. The Morgan fingerprint density at radius 1 is 1.06 bits per heavy atom. The van der Waals surface area contributed by atoms with Crippen molar-refractivity contribution in [3.63, 3.8) is 0 Å². The predicted molar refractivity (Wildman–Crippen MR) is 128 cm³/mol. The molecular weight excluding hydrogens is 455 g/mol. The fourth-order valence-corrected chi connectivity index (χ4v) is 5.69. The van der Waals surface area contributed by atoms with Gasteiger partial charge >= 0.3 is 6.18 Å². The molecule has 0 N–H and O–H groups in total. The van der Waals surface area contributed by atoms with E-state index in [1.54, 1.807) is 11.9 Å². The Hall–Kier alpha value is -2.64. The summed E-state index contributed by atoms with van der Waals surface area (Å²) in [6, 6.07) is 9.31. The van der Waals surface area contributed by atoms with E-state index in [-0.39, 0.29) is 30.2 Å². The average Bonchev–Trinajstić information content (AvgIpc) is 3.23. The normalized spacial score (nSPS) is 17.6. The number of nitrogens with zero attached hydrogens (tertiary/aromatic N) is 3. The Bertz CT molecular complexity index is 1030. The van der Waals surface area contributed by atoms with Crippen LogP contribution in [0.2, 0.25) is 0 Å². The first kappa shape index (κ1) is 25.5. The van der Waals surface area contributed by atoms with Gasteiger partial charge in [0.25, 0.3) is 0 Å². The third-order valence-electron chi connectivity index (χ3n) is 7.49. The number of anilines is 1. The second kappa shape index (κ2) is 11.0. The fourth-order valence-electron chi connectivity index (χ4n) is 5.69. The highest BCUT2D eigenvalue weighted by Gasteiger charge is 2.40. The van der Waals surface area contributed by atoms with Crippen LogP contribution in [0.25, 0.3) is 0 Å². The largest absolute Gasteiger partial charge is 0.435 e. The highest BCUT2D eigenvalue weighted by Crippen LogP contribution is 2.36. The third kappa shape index (κ3) is 6.14. The number of hydrogen-bond acceptors (Lipinski definition) is 3. The Balaban J connectivity index is 1.52. The van der Waals surface area contributed by atoms with Gasteiger partial charge in [-0.25, -0.2) is 0 Å². The molecule has 4 rings (SSSR count). The molecule has 2 aromatic rings. The maximum absolute atomic E-state index is 13.5. The molecule has 8 heteroatoms. The van der Waals surface area contributed by atoms with E-state index in [0.29, 0.717) is 37.3 Å². The Morgan fingerprint density at radius 3 is 2.43 bits per heavy atom. The monoisotopic (exact) mass is 489 g/mol. The minimum absolute atomic E-state index is 0.0164. The van der Waals surface area contributed by atoms with E-state index in [0.717, 1.165) is 37.8 Å². The molecule has 2 aliphatic rings. The molecule has 1 atom stereocenters. The lowest BCUT2D eigenvalue weighted by atomic mass is 9.81. The van der Waals surface area contributed by atoms with Gasteiger partial charge in [0.05, 0.1) is 6.54 Å². The molecule has 1 amide bonds. The first-order chi connectivity index (χ1) is 16.7. The lowest BCUT2D eigenvalue weighted by Gasteiger charge is -2.29. The zero-order valence-corrected chi connectivity index (χ0v) is 20.3. The molecule has 1 aromatic heterocycles. The topological polar surface area (TPSA) is 55.2 Å². The molecule has 0 spiro atoms. The van der Waals surface area contributed by atoms with E-state index in [1.165, 1.54) is 11.1 Å². The highest BCUT2D eigenvalue weighted by atomic mass is 19.4. The van der Waals surface area contributed by atoms with Crippen LogP contribution in [0.5, 0.6) is 0 Å². The van der Waals surface area contributed by atoms with Crippen LogP contribution in [0, 0.1) is 11.8 Å². The van der Waals surface area contributed by atoms with Crippen LogP contribution >= 0.6 is 0 Å². The summed E-state index contributed by atoms with van der Waals surface area (Å²) in [5, 5.41) is 3.83. The number of amides is 1. The standard InChI is InChI=1S/C27H34F3N3O2/c1-32(21-12-6-3-7-13-21)26(35)20(16-19-10-4-2-5-11-19)17-22(34)18-33-24-15-9-8-14-23(24)25(31-33)27(28,29)30/h3,6-7,12-13,19-20H,2,4-5,8-11,14-18H2,1H3. The van der Waals surface area contributed by atoms with Crippen LogP contribution in [0.3, 0.4) is 0 Å². The fraction of sp³-hybridized carbons (Fsp3) is 0.593. The van der Waals surface area contributed by atoms with Gasteiger partial charge in [-0.15, -0.1) is 0 Å². The molecule has 0 aliphatic heterocycles. The van der Waals surface area contributed by atoms with Gasteiger partial charge in [-0.3, -0.25) is 14.3 Å². The van der Waals surface area contributed by atoms with Gasteiger partial charge in [-0.2, -0.15) is 18.3 Å². The highest BCUT2D eigenvalue weighted by molar-refractivity contribution is 5.97. The lowest BCUT2D eigenvalue weighted by molar-refractivity contribution is -0.142. The minimum atomic E-state index is -4.53. The second-order valence-corrected chi connectivity index (χ2v) is 10.0. The molecule has 0 saturated heterocycles. The van der Waals surface area contributed by atoms with Crippen molar-refractivity contribution in [1.82, 2.24) is 9.78 Å². The zero-order chi connectivity index (χ0) is 25.0. The van der Waals surface area contributed by atoms with Crippen LogP contribution in [0.4, 0.5) is 18.9 Å². The molecule has 1 aromatic carbocycles. The number of carbonyl (C=O) groups excluding carboxylic acids is 2. The molecule has 35 heavy (non-hydrogen) atoms. The van der Waals surface area contributed by atoms with Gasteiger partial charge in [0, 0.05) is 36.3 Å². The van der Waals surface area contributed by atoms with Crippen LogP contribution in [0.1, 0.15) is 74.7 Å². The Morgan fingerprint density at radius 2 is 1.74 bits per heavy atom. The molecule has 1 saturated carbocycles. The molecule has 1 unspecified atom stereocenters. The van der Waals surface area contributed by atoms with Crippen molar-refractivity contribution in [2.24, 2.45) is 11.8 Å². The van der Waals surface area contributed by atoms with Crippen molar-refractivity contribution in [3.8, 4) is 0 Å². The van der Waals surface area contributed by atoms with Gasteiger partial charge in [-0.1, -0.05) is 50.3 Å². The summed E-state index contributed by atoms with van der Waals surface area (Å²) < 4.78 is 41.9. The van der Waals surface area contributed by atoms with E-state index >= 15 is 0 Å². The number of carbonyl (C=O) groups is 2. The first-order valence-electron chi connectivity index (χ1n) is 12.7. The maximum Gasteiger partial charge on any atom is 0.435 e. The van der Waals surface area contributed by atoms with Gasteiger partial charge in [0.2, 0.25) is 5.91 Å². The van der Waals surface area contributed by atoms with Crippen molar-refractivity contribution in [2.45, 2.75) is 83.4 Å². The van der Waals surface area contributed by atoms with Crippen molar-refractivity contribution in [2.75, 3.05) is 11.9 Å². The van der Waals surface area contributed by atoms with Gasteiger partial charge < -0.3 is 4.90 Å². The smallest absolute Gasteiger partial charge is 0.315 e. The van der Waals surface area contributed by atoms with Crippen molar-refractivity contribution < 1.29 is 22.8 Å². The SMILES string of the molecule is CN(C(=O)C(CC(=O)Cn1nc(C(F)(F)F)c2c1CCCC2)CC1CCCCC1)c1ccccc1. The van der Waals surface area contributed by atoms with E-state index in [9.17, 15) is 22.8 Å². The van der Waals surface area contributed by atoms with Gasteiger partial charge in [0.1, 0.15) is 0 Å². The Kier molecular flexibility index (Phi) is 7.97. The second-order valence-electron chi connectivity index (χ2n) is 10.0. The number of para-hydroxylation sites is 1. The summed E-state index contributed by atoms with van der Waals surface area (Å²) in [5.41, 5.74) is 0.650. The number of aromatic nitrogens is 2. The molecule has 1 fully saturated rings. The molecular formula is C27H34F3N3O2. The van der Waals surface area contributed by atoms with Crippen molar-refractivity contribution in [1.29, 1.82) is 0 Å². The van der Waals surface area contributed by atoms with Crippen molar-refractivity contribution in [3.05, 3.63) is 47.3 Å². The van der Waals surface area contributed by atoms with E-state index in [2.05, 4.69) is 5.10 Å².